The first-order valence-corrected chi connectivity index (χ1v) is 4.79. The highest BCUT2D eigenvalue weighted by molar-refractivity contribution is 6.01. The SMILES string of the molecule is N#CC(C(=O)O)=C1CCc2ccc(F)cc21. The Labute approximate surface area is 91.4 Å². The molecule has 1 N–H and O–H groups in total. The summed E-state index contributed by atoms with van der Waals surface area (Å²) in [6.45, 7) is 0. The van der Waals surface area contributed by atoms with E-state index in [1.165, 1.54) is 12.1 Å². The molecule has 1 aliphatic rings. The number of carbonyl (C=O) groups is 1. The minimum absolute atomic E-state index is 0.288. The van der Waals surface area contributed by atoms with Crippen LogP contribution in [-0.4, -0.2) is 11.1 Å². The van der Waals surface area contributed by atoms with E-state index in [1.807, 2.05) is 0 Å². The number of rotatable bonds is 1. The smallest absolute Gasteiger partial charge is 0.346 e. The minimum atomic E-state index is -1.25. The van der Waals surface area contributed by atoms with Gasteiger partial charge in [0.25, 0.3) is 0 Å². The first kappa shape index (κ1) is 10.4. The summed E-state index contributed by atoms with van der Waals surface area (Å²) in [6.07, 6.45) is 1.14. The molecule has 4 heteroatoms. The molecule has 0 amide bonds. The van der Waals surface area contributed by atoms with Gasteiger partial charge in [-0.05, 0) is 41.7 Å². The lowest BCUT2D eigenvalue weighted by Gasteiger charge is -2.02. The molecule has 0 saturated heterocycles. The van der Waals surface area contributed by atoms with Gasteiger partial charge in [0.2, 0.25) is 0 Å². The zero-order chi connectivity index (χ0) is 11.7. The number of nitrogens with zero attached hydrogens (tertiary/aromatic N) is 1. The Balaban J connectivity index is 2.63. The number of nitriles is 1. The molecule has 0 aliphatic heterocycles. The third-order valence-electron chi connectivity index (χ3n) is 2.67. The van der Waals surface area contributed by atoms with E-state index in [1.54, 1.807) is 12.1 Å². The quantitative estimate of drug-likeness (QED) is 0.579. The molecule has 16 heavy (non-hydrogen) atoms. The van der Waals surface area contributed by atoms with E-state index in [2.05, 4.69) is 0 Å². The number of hydrogen-bond acceptors (Lipinski definition) is 2. The van der Waals surface area contributed by atoms with Gasteiger partial charge in [-0.25, -0.2) is 9.18 Å². The fraction of sp³-hybridized carbons (Fsp3) is 0.167. The Morgan fingerprint density at radius 3 is 2.81 bits per heavy atom. The van der Waals surface area contributed by atoms with Crippen molar-refractivity contribution in [1.82, 2.24) is 0 Å². The zero-order valence-electron chi connectivity index (χ0n) is 8.33. The van der Waals surface area contributed by atoms with Crippen molar-refractivity contribution in [2.45, 2.75) is 12.8 Å². The van der Waals surface area contributed by atoms with Crippen molar-refractivity contribution in [3.63, 3.8) is 0 Å². The summed E-state index contributed by atoms with van der Waals surface area (Å²) >= 11 is 0. The van der Waals surface area contributed by atoms with Gasteiger partial charge < -0.3 is 5.11 Å². The summed E-state index contributed by atoms with van der Waals surface area (Å²) in [5.41, 5.74) is 1.60. The number of carboxylic acids is 1. The number of allylic oxidation sites excluding steroid dienone is 1. The molecule has 0 saturated carbocycles. The normalized spacial score (nSPS) is 16.5. The summed E-state index contributed by atoms with van der Waals surface area (Å²) in [7, 11) is 0. The fourth-order valence-electron chi connectivity index (χ4n) is 1.95. The van der Waals surface area contributed by atoms with Crippen LogP contribution in [0.5, 0.6) is 0 Å². The Hall–Kier alpha value is -2.15. The van der Waals surface area contributed by atoms with E-state index in [-0.39, 0.29) is 5.57 Å². The predicted molar refractivity (Wildman–Crippen MR) is 54.9 cm³/mol. The van der Waals surface area contributed by atoms with Gasteiger partial charge in [-0.1, -0.05) is 6.07 Å². The number of hydrogen-bond donors (Lipinski definition) is 1. The van der Waals surface area contributed by atoms with E-state index in [0.717, 1.165) is 5.56 Å². The van der Waals surface area contributed by atoms with Crippen LogP contribution in [0.15, 0.2) is 23.8 Å². The Morgan fingerprint density at radius 1 is 1.44 bits per heavy atom. The van der Waals surface area contributed by atoms with E-state index in [4.69, 9.17) is 10.4 Å². The molecule has 2 rings (SSSR count). The van der Waals surface area contributed by atoms with Crippen molar-refractivity contribution in [3.05, 3.63) is 40.7 Å². The van der Waals surface area contributed by atoms with Crippen LogP contribution in [0.1, 0.15) is 17.5 Å². The molecule has 0 atom stereocenters. The zero-order valence-corrected chi connectivity index (χ0v) is 8.33. The van der Waals surface area contributed by atoms with E-state index < -0.39 is 11.8 Å². The molecular formula is C12H8FNO2. The van der Waals surface area contributed by atoms with E-state index >= 15 is 0 Å². The number of aryl methyl sites for hydroxylation is 1. The average Bonchev–Trinajstić information content (AvgIpc) is 2.62. The average molecular weight is 217 g/mol. The van der Waals surface area contributed by atoms with Crippen LogP contribution in [-0.2, 0) is 11.2 Å². The summed E-state index contributed by atoms with van der Waals surface area (Å²) in [6, 6.07) is 5.93. The van der Waals surface area contributed by atoms with Crippen molar-refractivity contribution in [3.8, 4) is 6.07 Å². The summed E-state index contributed by atoms with van der Waals surface area (Å²) < 4.78 is 13.1. The molecule has 80 valence electrons. The second kappa shape index (κ2) is 3.78. The van der Waals surface area contributed by atoms with Gasteiger partial charge in [-0.3, -0.25) is 0 Å². The van der Waals surface area contributed by atoms with Crippen LogP contribution in [0.4, 0.5) is 4.39 Å². The maximum atomic E-state index is 13.1. The van der Waals surface area contributed by atoms with Gasteiger partial charge in [-0.15, -0.1) is 0 Å². The van der Waals surface area contributed by atoms with Gasteiger partial charge in [0.05, 0.1) is 0 Å². The van der Waals surface area contributed by atoms with Gasteiger partial charge >= 0.3 is 5.97 Å². The van der Waals surface area contributed by atoms with Crippen LogP contribution in [0, 0.1) is 17.1 Å². The van der Waals surface area contributed by atoms with Crippen LogP contribution >= 0.6 is 0 Å². The van der Waals surface area contributed by atoms with Gasteiger partial charge in [0.15, 0.2) is 0 Å². The van der Waals surface area contributed by atoms with Crippen LogP contribution < -0.4 is 0 Å². The van der Waals surface area contributed by atoms with Gasteiger partial charge in [0.1, 0.15) is 17.5 Å². The third-order valence-corrected chi connectivity index (χ3v) is 2.67. The lowest BCUT2D eigenvalue weighted by molar-refractivity contribution is -0.132. The van der Waals surface area contributed by atoms with Crippen LogP contribution in [0.25, 0.3) is 5.57 Å². The van der Waals surface area contributed by atoms with Crippen molar-refractivity contribution >= 4 is 11.5 Å². The van der Waals surface area contributed by atoms with E-state index in [9.17, 15) is 9.18 Å². The predicted octanol–water partition coefficient (Wildman–Crippen LogP) is 2.13. The second-order valence-corrected chi connectivity index (χ2v) is 3.57. The third kappa shape index (κ3) is 1.57. The second-order valence-electron chi connectivity index (χ2n) is 3.57. The lowest BCUT2D eigenvalue weighted by Crippen LogP contribution is -2.01. The standard InChI is InChI=1S/C12H8FNO2/c13-8-3-1-7-2-4-9(10(7)5-8)11(6-14)12(15)16/h1,3,5H,2,4H2,(H,15,16). The first-order valence-electron chi connectivity index (χ1n) is 4.79. The van der Waals surface area contributed by atoms with Gasteiger partial charge in [0, 0.05) is 0 Å². The molecule has 0 heterocycles. The molecule has 0 unspecified atom stereocenters. The minimum Gasteiger partial charge on any atom is -0.477 e. The van der Waals surface area contributed by atoms with Gasteiger partial charge in [-0.2, -0.15) is 5.26 Å². The van der Waals surface area contributed by atoms with Crippen molar-refractivity contribution < 1.29 is 14.3 Å². The number of fused-ring (bicyclic) bond motifs is 1. The summed E-state index contributed by atoms with van der Waals surface area (Å²) in [5, 5.41) is 17.6. The summed E-state index contributed by atoms with van der Waals surface area (Å²) in [5.74, 6) is -1.67. The van der Waals surface area contributed by atoms with Crippen molar-refractivity contribution in [2.24, 2.45) is 0 Å². The van der Waals surface area contributed by atoms with Crippen molar-refractivity contribution in [2.75, 3.05) is 0 Å². The Bertz CT molecular complexity index is 540. The number of halogens is 1. The van der Waals surface area contributed by atoms with Crippen LogP contribution in [0.3, 0.4) is 0 Å². The molecular weight excluding hydrogens is 209 g/mol. The molecule has 0 fully saturated rings. The van der Waals surface area contributed by atoms with Crippen LogP contribution in [0.2, 0.25) is 0 Å². The molecule has 0 aromatic heterocycles. The lowest BCUT2D eigenvalue weighted by atomic mass is 10.0. The largest absolute Gasteiger partial charge is 0.477 e. The Kier molecular flexibility index (Phi) is 2.45. The van der Waals surface area contributed by atoms with E-state index in [0.29, 0.717) is 24.0 Å². The first-order chi connectivity index (χ1) is 7.63. The highest BCUT2D eigenvalue weighted by atomic mass is 19.1. The number of aliphatic carboxylic acids is 1. The van der Waals surface area contributed by atoms with Crippen molar-refractivity contribution in [1.29, 1.82) is 5.26 Å². The molecule has 3 nitrogen and oxygen atoms in total. The molecule has 0 bridgehead atoms. The monoisotopic (exact) mass is 217 g/mol. The number of benzene rings is 1. The highest BCUT2D eigenvalue weighted by Gasteiger charge is 2.23. The maximum absolute atomic E-state index is 13.1. The fourth-order valence-corrected chi connectivity index (χ4v) is 1.95. The number of carboxylic acid groups (broad SMARTS) is 1. The molecule has 1 aromatic carbocycles. The molecule has 0 spiro atoms. The summed E-state index contributed by atoms with van der Waals surface area (Å²) in [4.78, 5) is 10.8. The highest BCUT2D eigenvalue weighted by Crippen LogP contribution is 2.34. The topological polar surface area (TPSA) is 61.1 Å². The molecule has 0 radical (unpaired) electrons. The molecule has 1 aliphatic carbocycles. The molecule has 1 aromatic rings. The Morgan fingerprint density at radius 2 is 2.19 bits per heavy atom. The maximum Gasteiger partial charge on any atom is 0.346 e.